The molecule has 1 aliphatic heterocycles. The van der Waals surface area contributed by atoms with Crippen LogP contribution in [-0.2, 0) is 6.42 Å². The van der Waals surface area contributed by atoms with Gasteiger partial charge in [0.2, 0.25) is 0 Å². The Kier molecular flexibility index (Phi) is 7.00. The molecule has 1 fully saturated rings. The summed E-state index contributed by atoms with van der Waals surface area (Å²) in [6.45, 7) is 6.04. The Hall–Kier alpha value is -2.12. The summed E-state index contributed by atoms with van der Waals surface area (Å²) >= 11 is 3.63. The number of aliphatic imine (C=N–C) groups is 1. The van der Waals surface area contributed by atoms with Crippen LogP contribution in [0.2, 0.25) is 0 Å². The standard InChI is InChI=1S/C22H29N5S2/c1-2-23-22(25-17-11-14-27(15-12-17)21-10-6-16-28-21)24-13-5-9-20-26-18-7-3-4-8-19(18)29-20/h3-4,6-8,10,16-17H,2,5,9,11-15H2,1H3,(H2,23,24,25). The lowest BCUT2D eigenvalue weighted by molar-refractivity contribution is 0.463. The number of nitrogens with one attached hydrogen (secondary N) is 2. The van der Waals surface area contributed by atoms with Crippen LogP contribution in [0.5, 0.6) is 0 Å². The Morgan fingerprint density at radius 3 is 2.83 bits per heavy atom. The minimum absolute atomic E-state index is 0.494. The van der Waals surface area contributed by atoms with E-state index >= 15 is 0 Å². The summed E-state index contributed by atoms with van der Waals surface area (Å²) in [6.07, 6.45) is 4.30. The van der Waals surface area contributed by atoms with Crippen LogP contribution in [0, 0.1) is 0 Å². The largest absolute Gasteiger partial charge is 0.363 e. The van der Waals surface area contributed by atoms with Gasteiger partial charge in [-0.15, -0.1) is 22.7 Å². The van der Waals surface area contributed by atoms with Gasteiger partial charge < -0.3 is 15.5 Å². The van der Waals surface area contributed by atoms with Gasteiger partial charge in [-0.05, 0) is 55.8 Å². The molecule has 29 heavy (non-hydrogen) atoms. The monoisotopic (exact) mass is 427 g/mol. The molecule has 0 radical (unpaired) electrons. The van der Waals surface area contributed by atoms with Crippen molar-refractivity contribution in [1.29, 1.82) is 0 Å². The molecule has 0 bridgehead atoms. The molecule has 4 rings (SSSR count). The van der Waals surface area contributed by atoms with E-state index in [4.69, 9.17) is 9.98 Å². The number of hydrogen-bond acceptors (Lipinski definition) is 5. The second-order valence-electron chi connectivity index (χ2n) is 7.30. The van der Waals surface area contributed by atoms with Crippen molar-refractivity contribution in [3.05, 3.63) is 46.8 Å². The molecule has 0 saturated carbocycles. The Morgan fingerprint density at radius 1 is 1.21 bits per heavy atom. The first kappa shape index (κ1) is 20.2. The molecule has 1 saturated heterocycles. The van der Waals surface area contributed by atoms with Gasteiger partial charge in [0, 0.05) is 38.6 Å². The maximum absolute atomic E-state index is 4.81. The first-order valence-corrected chi connectivity index (χ1v) is 12.2. The van der Waals surface area contributed by atoms with E-state index in [0.717, 1.165) is 63.3 Å². The van der Waals surface area contributed by atoms with Crippen LogP contribution >= 0.6 is 22.7 Å². The number of rotatable bonds is 7. The minimum atomic E-state index is 0.494. The Bertz CT molecular complexity index is 877. The number of benzene rings is 1. The van der Waals surface area contributed by atoms with Crippen molar-refractivity contribution < 1.29 is 0 Å². The summed E-state index contributed by atoms with van der Waals surface area (Å²) < 4.78 is 1.27. The predicted molar refractivity (Wildman–Crippen MR) is 127 cm³/mol. The number of anilines is 1. The minimum Gasteiger partial charge on any atom is -0.363 e. The number of guanidine groups is 1. The van der Waals surface area contributed by atoms with E-state index in [1.54, 1.807) is 11.3 Å². The number of fused-ring (bicyclic) bond motifs is 1. The van der Waals surface area contributed by atoms with Gasteiger partial charge in [0.1, 0.15) is 0 Å². The van der Waals surface area contributed by atoms with Crippen LogP contribution in [0.1, 0.15) is 31.2 Å². The average molecular weight is 428 g/mol. The van der Waals surface area contributed by atoms with Crippen LogP contribution in [0.15, 0.2) is 46.8 Å². The lowest BCUT2D eigenvalue weighted by atomic mass is 10.1. The van der Waals surface area contributed by atoms with E-state index < -0.39 is 0 Å². The summed E-state index contributed by atoms with van der Waals surface area (Å²) in [5.41, 5.74) is 1.11. The zero-order valence-electron chi connectivity index (χ0n) is 16.9. The molecule has 3 aromatic rings. The highest BCUT2D eigenvalue weighted by atomic mass is 32.1. The predicted octanol–water partition coefficient (Wildman–Crippen LogP) is 4.51. The van der Waals surface area contributed by atoms with Gasteiger partial charge in [-0.25, -0.2) is 4.98 Å². The molecule has 2 aromatic heterocycles. The molecule has 0 spiro atoms. The van der Waals surface area contributed by atoms with E-state index in [1.165, 1.54) is 14.7 Å². The van der Waals surface area contributed by atoms with Crippen LogP contribution in [0.25, 0.3) is 10.2 Å². The normalized spacial score (nSPS) is 15.8. The third-order valence-electron chi connectivity index (χ3n) is 5.15. The van der Waals surface area contributed by atoms with E-state index in [-0.39, 0.29) is 0 Å². The number of nitrogens with zero attached hydrogens (tertiary/aromatic N) is 3. The van der Waals surface area contributed by atoms with Gasteiger partial charge in [0.15, 0.2) is 5.96 Å². The van der Waals surface area contributed by atoms with Crippen molar-refractivity contribution in [3.63, 3.8) is 0 Å². The Balaban J connectivity index is 1.24. The van der Waals surface area contributed by atoms with Crippen LogP contribution in [0.4, 0.5) is 5.00 Å². The summed E-state index contributed by atoms with van der Waals surface area (Å²) in [5, 5.41) is 11.8. The molecule has 5 nitrogen and oxygen atoms in total. The molecule has 0 aliphatic carbocycles. The fourth-order valence-electron chi connectivity index (χ4n) is 3.66. The van der Waals surface area contributed by atoms with Gasteiger partial charge in [0.25, 0.3) is 0 Å². The molecule has 0 atom stereocenters. The van der Waals surface area contributed by atoms with Gasteiger partial charge in [-0.2, -0.15) is 0 Å². The molecule has 0 unspecified atom stereocenters. The second-order valence-corrected chi connectivity index (χ2v) is 9.34. The highest BCUT2D eigenvalue weighted by Gasteiger charge is 2.20. The number of thiophene rings is 1. The summed E-state index contributed by atoms with van der Waals surface area (Å²) in [6, 6.07) is 13.2. The van der Waals surface area contributed by atoms with E-state index in [1.807, 2.05) is 11.3 Å². The molecular formula is C22H29N5S2. The number of para-hydroxylation sites is 1. The Morgan fingerprint density at radius 2 is 2.07 bits per heavy atom. The number of aromatic nitrogens is 1. The molecule has 3 heterocycles. The number of piperidine rings is 1. The molecule has 7 heteroatoms. The van der Waals surface area contributed by atoms with Gasteiger partial charge in [-0.3, -0.25) is 4.99 Å². The van der Waals surface area contributed by atoms with Gasteiger partial charge in [-0.1, -0.05) is 12.1 Å². The molecule has 1 aliphatic rings. The van der Waals surface area contributed by atoms with Gasteiger partial charge >= 0.3 is 0 Å². The quantitative estimate of drug-likeness (QED) is 0.331. The second kappa shape index (κ2) is 10.1. The molecular weight excluding hydrogens is 398 g/mol. The van der Waals surface area contributed by atoms with Crippen molar-refractivity contribution >= 4 is 43.9 Å². The highest BCUT2D eigenvalue weighted by Crippen LogP contribution is 2.25. The van der Waals surface area contributed by atoms with Crippen LogP contribution in [0.3, 0.4) is 0 Å². The maximum Gasteiger partial charge on any atom is 0.191 e. The Labute approximate surface area is 180 Å². The third-order valence-corrected chi connectivity index (χ3v) is 7.18. The number of hydrogen-bond donors (Lipinski definition) is 2. The van der Waals surface area contributed by atoms with E-state index in [0.29, 0.717) is 6.04 Å². The zero-order chi connectivity index (χ0) is 19.9. The first-order chi connectivity index (χ1) is 14.3. The smallest absolute Gasteiger partial charge is 0.191 e. The van der Waals surface area contributed by atoms with Crippen molar-refractivity contribution in [2.24, 2.45) is 4.99 Å². The lowest BCUT2D eigenvalue weighted by Gasteiger charge is -2.33. The van der Waals surface area contributed by atoms with Crippen molar-refractivity contribution in [3.8, 4) is 0 Å². The van der Waals surface area contributed by atoms with Crippen LogP contribution in [-0.4, -0.2) is 43.2 Å². The van der Waals surface area contributed by atoms with Crippen LogP contribution < -0.4 is 15.5 Å². The average Bonchev–Trinajstić information content (AvgIpc) is 3.41. The fourth-order valence-corrected chi connectivity index (χ4v) is 5.45. The molecule has 2 N–H and O–H groups in total. The maximum atomic E-state index is 4.81. The molecule has 154 valence electrons. The summed E-state index contributed by atoms with van der Waals surface area (Å²) in [5.74, 6) is 0.950. The first-order valence-electron chi connectivity index (χ1n) is 10.5. The van der Waals surface area contributed by atoms with Crippen molar-refractivity contribution in [2.45, 2.75) is 38.6 Å². The SMILES string of the molecule is CCNC(=NCCCc1nc2ccccc2s1)NC1CCN(c2cccs2)CC1. The van der Waals surface area contributed by atoms with Gasteiger partial charge in [0.05, 0.1) is 20.2 Å². The fraction of sp³-hybridized carbons (Fsp3) is 0.455. The summed E-state index contributed by atoms with van der Waals surface area (Å²) in [7, 11) is 0. The van der Waals surface area contributed by atoms with E-state index in [2.05, 4.69) is 64.2 Å². The number of thiazole rings is 1. The highest BCUT2D eigenvalue weighted by molar-refractivity contribution is 7.18. The van der Waals surface area contributed by atoms with Crippen molar-refractivity contribution in [2.75, 3.05) is 31.1 Å². The van der Waals surface area contributed by atoms with Crippen molar-refractivity contribution in [1.82, 2.24) is 15.6 Å². The molecule has 0 amide bonds. The number of aryl methyl sites for hydroxylation is 1. The zero-order valence-corrected chi connectivity index (χ0v) is 18.6. The van der Waals surface area contributed by atoms with E-state index in [9.17, 15) is 0 Å². The summed E-state index contributed by atoms with van der Waals surface area (Å²) in [4.78, 5) is 12.0. The third kappa shape index (κ3) is 5.48. The molecule has 1 aromatic carbocycles. The topological polar surface area (TPSA) is 52.6 Å². The lowest BCUT2D eigenvalue weighted by Crippen LogP contribution is -2.48.